The highest BCUT2D eigenvalue weighted by Gasteiger charge is 2.31. The molecule has 1 atom stereocenters. The third-order valence-corrected chi connectivity index (χ3v) is 3.84. The Bertz CT molecular complexity index is 558. The zero-order chi connectivity index (χ0) is 11.2. The fourth-order valence-corrected chi connectivity index (χ4v) is 3.03. The lowest BCUT2D eigenvalue weighted by atomic mass is 10.1. The fourth-order valence-electron chi connectivity index (χ4n) is 3.03. The van der Waals surface area contributed by atoms with Gasteiger partial charge < -0.3 is 9.88 Å². The van der Waals surface area contributed by atoms with Crippen LogP contribution in [0.25, 0.3) is 5.69 Å². The normalized spacial score (nSPS) is 22.7. The van der Waals surface area contributed by atoms with E-state index in [9.17, 15) is 0 Å². The van der Waals surface area contributed by atoms with Gasteiger partial charge >= 0.3 is 0 Å². The van der Waals surface area contributed by atoms with Crippen molar-refractivity contribution in [3.05, 3.63) is 53.9 Å². The number of nitrogens with one attached hydrogen (secondary N) is 1. The summed E-state index contributed by atoms with van der Waals surface area (Å²) >= 11 is 0. The van der Waals surface area contributed by atoms with Crippen LogP contribution in [0.3, 0.4) is 0 Å². The third-order valence-electron chi connectivity index (χ3n) is 3.84. The van der Waals surface area contributed by atoms with Gasteiger partial charge in [0.1, 0.15) is 0 Å². The predicted octanol–water partition coefficient (Wildman–Crippen LogP) is 1.89. The van der Waals surface area contributed by atoms with Gasteiger partial charge in [0, 0.05) is 37.3 Å². The van der Waals surface area contributed by atoms with Crippen LogP contribution in [0.15, 0.2) is 42.6 Å². The van der Waals surface area contributed by atoms with Crippen molar-refractivity contribution in [2.45, 2.75) is 12.6 Å². The Morgan fingerprint density at radius 3 is 3.06 bits per heavy atom. The Morgan fingerprint density at radius 2 is 2.06 bits per heavy atom. The number of hydrogen-bond acceptors (Lipinski definition) is 2. The first-order valence-electron chi connectivity index (χ1n) is 6.14. The van der Waals surface area contributed by atoms with Gasteiger partial charge in [-0.3, -0.25) is 4.90 Å². The summed E-state index contributed by atoms with van der Waals surface area (Å²) in [6, 6.07) is 13.6. The summed E-state index contributed by atoms with van der Waals surface area (Å²) in [5.74, 6) is 0. The molecule has 0 saturated carbocycles. The molecule has 4 rings (SSSR count). The topological polar surface area (TPSA) is 20.2 Å². The van der Waals surface area contributed by atoms with Crippen molar-refractivity contribution in [3.63, 3.8) is 0 Å². The van der Waals surface area contributed by atoms with E-state index < -0.39 is 0 Å². The number of para-hydroxylation sites is 1. The molecule has 2 aliphatic rings. The summed E-state index contributed by atoms with van der Waals surface area (Å²) < 4.78 is 2.34. The van der Waals surface area contributed by atoms with E-state index in [2.05, 4.69) is 57.4 Å². The Morgan fingerprint density at radius 1 is 1.12 bits per heavy atom. The molecule has 0 radical (unpaired) electrons. The average molecular weight is 225 g/mol. The van der Waals surface area contributed by atoms with E-state index in [1.54, 1.807) is 0 Å². The monoisotopic (exact) mass is 225 g/mol. The Labute approximate surface area is 101 Å². The zero-order valence-corrected chi connectivity index (χ0v) is 9.63. The standard InChI is InChI=1S/C14H15N3/c1-2-5-12-11(4-1)9-16-10-15-8-14(16)13-6-3-7-17(12)13/h1-7,14-15H,8-10H2. The molecular formula is C14H15N3. The molecule has 1 aromatic heterocycles. The molecule has 1 N–H and O–H groups in total. The second kappa shape index (κ2) is 3.45. The number of nitrogens with zero attached hydrogens (tertiary/aromatic N) is 2. The largest absolute Gasteiger partial charge is 0.319 e. The van der Waals surface area contributed by atoms with Crippen LogP contribution in [0.1, 0.15) is 17.3 Å². The molecule has 1 saturated heterocycles. The molecule has 1 aromatic carbocycles. The van der Waals surface area contributed by atoms with Crippen LogP contribution in [0, 0.1) is 0 Å². The quantitative estimate of drug-likeness (QED) is 0.739. The molecule has 0 aliphatic carbocycles. The second-order valence-electron chi connectivity index (χ2n) is 4.81. The van der Waals surface area contributed by atoms with Crippen molar-refractivity contribution < 1.29 is 0 Å². The SMILES string of the molecule is c1ccc2c(c1)CN1CNCC1c1cccn1-2. The van der Waals surface area contributed by atoms with Gasteiger partial charge in [-0.25, -0.2) is 0 Å². The highest BCUT2D eigenvalue weighted by molar-refractivity contribution is 5.45. The van der Waals surface area contributed by atoms with E-state index in [0.717, 1.165) is 19.8 Å². The van der Waals surface area contributed by atoms with E-state index in [-0.39, 0.29) is 0 Å². The minimum atomic E-state index is 0.511. The average Bonchev–Trinajstić information content (AvgIpc) is 2.96. The summed E-state index contributed by atoms with van der Waals surface area (Å²) in [6.07, 6.45) is 2.18. The maximum atomic E-state index is 3.47. The van der Waals surface area contributed by atoms with Gasteiger partial charge in [0.05, 0.1) is 6.04 Å². The molecule has 1 fully saturated rings. The Hall–Kier alpha value is -1.58. The number of fused-ring (bicyclic) bond motifs is 5. The smallest absolute Gasteiger partial charge is 0.0644 e. The minimum Gasteiger partial charge on any atom is -0.319 e. The lowest BCUT2D eigenvalue weighted by molar-refractivity contribution is 0.252. The van der Waals surface area contributed by atoms with E-state index in [1.807, 2.05) is 0 Å². The summed E-state index contributed by atoms with van der Waals surface area (Å²) in [4.78, 5) is 2.51. The highest BCUT2D eigenvalue weighted by Crippen LogP contribution is 2.33. The lowest BCUT2D eigenvalue weighted by Crippen LogP contribution is -2.23. The molecule has 0 amide bonds. The van der Waals surface area contributed by atoms with Crippen LogP contribution in [0.2, 0.25) is 0 Å². The number of rotatable bonds is 0. The van der Waals surface area contributed by atoms with E-state index in [1.165, 1.54) is 16.9 Å². The van der Waals surface area contributed by atoms with Crippen molar-refractivity contribution in [1.29, 1.82) is 0 Å². The Kier molecular flexibility index (Phi) is 1.92. The van der Waals surface area contributed by atoms with E-state index >= 15 is 0 Å². The van der Waals surface area contributed by atoms with Crippen LogP contribution in [-0.4, -0.2) is 22.7 Å². The molecule has 3 heterocycles. The van der Waals surface area contributed by atoms with Crippen LogP contribution < -0.4 is 5.32 Å². The number of hydrogen-bond donors (Lipinski definition) is 1. The van der Waals surface area contributed by atoms with Crippen LogP contribution in [0.5, 0.6) is 0 Å². The predicted molar refractivity (Wildman–Crippen MR) is 66.9 cm³/mol. The van der Waals surface area contributed by atoms with E-state index in [4.69, 9.17) is 0 Å². The van der Waals surface area contributed by atoms with Crippen molar-refractivity contribution in [2.75, 3.05) is 13.2 Å². The molecule has 3 heteroatoms. The lowest BCUT2D eigenvalue weighted by Gasteiger charge is -2.20. The van der Waals surface area contributed by atoms with Crippen LogP contribution in [0.4, 0.5) is 0 Å². The van der Waals surface area contributed by atoms with Gasteiger partial charge in [-0.1, -0.05) is 18.2 Å². The minimum absolute atomic E-state index is 0.511. The molecule has 2 aliphatic heterocycles. The van der Waals surface area contributed by atoms with Gasteiger partial charge in [0.15, 0.2) is 0 Å². The number of benzene rings is 1. The summed E-state index contributed by atoms with van der Waals surface area (Å²) in [5.41, 5.74) is 4.15. The van der Waals surface area contributed by atoms with Gasteiger partial charge in [0.2, 0.25) is 0 Å². The first kappa shape index (κ1) is 9.45. The molecule has 0 spiro atoms. The highest BCUT2D eigenvalue weighted by atomic mass is 15.3. The van der Waals surface area contributed by atoms with Crippen LogP contribution in [-0.2, 0) is 6.54 Å². The van der Waals surface area contributed by atoms with Crippen molar-refractivity contribution in [3.8, 4) is 5.69 Å². The van der Waals surface area contributed by atoms with Crippen molar-refractivity contribution >= 4 is 0 Å². The third kappa shape index (κ3) is 1.30. The molecule has 86 valence electrons. The summed E-state index contributed by atoms with van der Waals surface area (Å²) in [7, 11) is 0. The van der Waals surface area contributed by atoms with Crippen molar-refractivity contribution in [1.82, 2.24) is 14.8 Å². The molecular weight excluding hydrogens is 210 g/mol. The molecule has 1 unspecified atom stereocenters. The van der Waals surface area contributed by atoms with Gasteiger partial charge in [-0.05, 0) is 23.8 Å². The maximum Gasteiger partial charge on any atom is 0.0644 e. The Balaban J connectivity index is 1.97. The first-order chi connectivity index (χ1) is 8.43. The zero-order valence-electron chi connectivity index (χ0n) is 9.63. The fraction of sp³-hybridized carbons (Fsp3) is 0.286. The van der Waals surface area contributed by atoms with E-state index in [0.29, 0.717) is 6.04 Å². The number of aromatic nitrogens is 1. The van der Waals surface area contributed by atoms with Gasteiger partial charge in [-0.2, -0.15) is 0 Å². The second-order valence-corrected chi connectivity index (χ2v) is 4.81. The van der Waals surface area contributed by atoms with Gasteiger partial charge in [0.25, 0.3) is 0 Å². The molecule has 3 nitrogen and oxygen atoms in total. The van der Waals surface area contributed by atoms with Gasteiger partial charge in [-0.15, -0.1) is 0 Å². The maximum absolute atomic E-state index is 3.47. The summed E-state index contributed by atoms with van der Waals surface area (Å²) in [5, 5.41) is 3.47. The van der Waals surface area contributed by atoms with Crippen molar-refractivity contribution in [2.24, 2.45) is 0 Å². The summed E-state index contributed by atoms with van der Waals surface area (Å²) in [6.45, 7) is 3.08. The molecule has 17 heavy (non-hydrogen) atoms. The molecule has 2 aromatic rings. The molecule has 0 bridgehead atoms. The first-order valence-corrected chi connectivity index (χ1v) is 6.14. The van der Waals surface area contributed by atoms with Crippen LogP contribution >= 0.6 is 0 Å².